The molecule has 0 spiro atoms. The molecule has 0 radical (unpaired) electrons. The van der Waals surface area contributed by atoms with Crippen LogP contribution in [0.2, 0.25) is 0 Å². The van der Waals surface area contributed by atoms with Crippen LogP contribution in [0.25, 0.3) is 0 Å². The molecule has 14 nitrogen and oxygen atoms in total. The number of nitriles is 2. The fourth-order valence-electron chi connectivity index (χ4n) is 2.25. The summed E-state index contributed by atoms with van der Waals surface area (Å²) < 4.78 is 0. The van der Waals surface area contributed by atoms with Crippen LogP contribution in [0.3, 0.4) is 0 Å². The SMILES string of the molecule is N#CCN(CC#N)c1ncnc(NNC(=O)c2ccccc2[N+](=O)[O-])c1[N+](=O)[O-]. The Kier molecular flexibility index (Phi) is 6.49. The van der Waals surface area contributed by atoms with E-state index in [0.717, 1.165) is 17.3 Å². The van der Waals surface area contributed by atoms with Gasteiger partial charge in [0.25, 0.3) is 11.6 Å². The third kappa shape index (κ3) is 4.66. The summed E-state index contributed by atoms with van der Waals surface area (Å²) in [5.74, 6) is -1.68. The van der Waals surface area contributed by atoms with E-state index in [1.807, 2.05) is 0 Å². The number of para-hydroxylation sites is 1. The number of hydrazine groups is 1. The Hall–Kier alpha value is -4.85. The fraction of sp³-hybridized carbons (Fsp3) is 0.133. The molecule has 0 fully saturated rings. The number of aromatic nitrogens is 2. The Morgan fingerprint density at radius 1 is 1.10 bits per heavy atom. The number of nitro benzene ring substituents is 1. The van der Waals surface area contributed by atoms with E-state index in [-0.39, 0.29) is 24.5 Å². The molecule has 29 heavy (non-hydrogen) atoms. The van der Waals surface area contributed by atoms with Gasteiger partial charge in [0.1, 0.15) is 25.0 Å². The highest BCUT2D eigenvalue weighted by atomic mass is 16.6. The minimum Gasteiger partial charge on any atom is -0.324 e. The molecule has 2 aromatic rings. The second-order valence-corrected chi connectivity index (χ2v) is 5.18. The van der Waals surface area contributed by atoms with E-state index >= 15 is 0 Å². The molecule has 1 amide bonds. The van der Waals surface area contributed by atoms with E-state index in [2.05, 4.69) is 20.8 Å². The van der Waals surface area contributed by atoms with E-state index in [4.69, 9.17) is 10.5 Å². The highest BCUT2D eigenvalue weighted by molar-refractivity contribution is 5.98. The number of hydrogen-bond acceptors (Lipinski definition) is 11. The number of nitro groups is 2. The van der Waals surface area contributed by atoms with Gasteiger partial charge in [-0.25, -0.2) is 9.97 Å². The van der Waals surface area contributed by atoms with Gasteiger partial charge in [0.2, 0.25) is 11.6 Å². The fourth-order valence-corrected chi connectivity index (χ4v) is 2.25. The topological polar surface area (TPSA) is 204 Å². The summed E-state index contributed by atoms with van der Waals surface area (Å²) in [6, 6.07) is 8.65. The van der Waals surface area contributed by atoms with Crippen molar-refractivity contribution in [2.45, 2.75) is 0 Å². The van der Waals surface area contributed by atoms with Gasteiger partial charge < -0.3 is 4.90 Å². The Morgan fingerprint density at radius 2 is 1.76 bits per heavy atom. The Morgan fingerprint density at radius 3 is 2.34 bits per heavy atom. The van der Waals surface area contributed by atoms with Crippen LogP contribution in [0.5, 0.6) is 0 Å². The largest absolute Gasteiger partial charge is 0.355 e. The summed E-state index contributed by atoms with van der Waals surface area (Å²) in [5.41, 5.74) is 2.90. The molecular formula is C15H11N9O5. The van der Waals surface area contributed by atoms with Gasteiger partial charge in [-0.3, -0.25) is 35.9 Å². The number of nitrogens with zero attached hydrogens (tertiary/aromatic N) is 7. The molecule has 1 aromatic carbocycles. The highest BCUT2D eigenvalue weighted by Crippen LogP contribution is 2.31. The third-order valence-corrected chi connectivity index (χ3v) is 3.45. The Labute approximate surface area is 162 Å². The lowest BCUT2D eigenvalue weighted by atomic mass is 10.2. The van der Waals surface area contributed by atoms with Crippen LogP contribution >= 0.6 is 0 Å². The van der Waals surface area contributed by atoms with Gasteiger partial charge >= 0.3 is 5.69 Å². The van der Waals surface area contributed by atoms with Crippen molar-refractivity contribution in [1.82, 2.24) is 15.4 Å². The molecule has 0 aliphatic rings. The minimum atomic E-state index is -0.933. The number of nitrogens with one attached hydrogen (secondary N) is 2. The first kappa shape index (κ1) is 20.5. The Balaban J connectivity index is 2.35. The third-order valence-electron chi connectivity index (χ3n) is 3.45. The predicted octanol–water partition coefficient (Wildman–Crippen LogP) is 0.903. The van der Waals surface area contributed by atoms with Crippen LogP contribution in [-0.4, -0.2) is 38.8 Å². The van der Waals surface area contributed by atoms with E-state index in [0.29, 0.717) is 0 Å². The normalized spacial score (nSPS) is 9.59. The van der Waals surface area contributed by atoms with Crippen LogP contribution in [0.15, 0.2) is 30.6 Å². The molecule has 0 aliphatic heterocycles. The summed E-state index contributed by atoms with van der Waals surface area (Å²) in [6.07, 6.45) is 0.934. The number of anilines is 2. The number of rotatable bonds is 8. The summed E-state index contributed by atoms with van der Waals surface area (Å²) >= 11 is 0. The molecule has 0 saturated carbocycles. The molecule has 146 valence electrons. The molecule has 2 rings (SSSR count). The molecule has 0 unspecified atom stereocenters. The van der Waals surface area contributed by atoms with Crippen LogP contribution < -0.4 is 15.8 Å². The van der Waals surface area contributed by atoms with Crippen LogP contribution in [0, 0.1) is 42.9 Å². The zero-order chi connectivity index (χ0) is 21.4. The van der Waals surface area contributed by atoms with Crippen molar-refractivity contribution in [3.63, 3.8) is 0 Å². The molecule has 0 aliphatic carbocycles. The summed E-state index contributed by atoms with van der Waals surface area (Å²) in [4.78, 5) is 41.7. The van der Waals surface area contributed by atoms with Crippen molar-refractivity contribution in [2.75, 3.05) is 23.4 Å². The van der Waals surface area contributed by atoms with Crippen molar-refractivity contribution >= 4 is 28.9 Å². The number of hydrogen-bond donors (Lipinski definition) is 2. The maximum atomic E-state index is 12.3. The van der Waals surface area contributed by atoms with Crippen LogP contribution in [0.1, 0.15) is 10.4 Å². The standard InChI is InChI=1S/C15H11N9O5/c16-5-7-22(8-6-17)14-12(24(28)29)13(18-9-19-14)20-21-15(25)10-3-1-2-4-11(10)23(26)27/h1-4,9H,7-8H2,(H,21,25)(H,18,19,20). The molecule has 0 saturated heterocycles. The van der Waals surface area contributed by atoms with Gasteiger partial charge in [-0.2, -0.15) is 10.5 Å². The molecule has 1 heterocycles. The average Bonchev–Trinajstić information content (AvgIpc) is 2.71. The predicted molar refractivity (Wildman–Crippen MR) is 96.3 cm³/mol. The second-order valence-electron chi connectivity index (χ2n) is 5.18. The molecule has 0 atom stereocenters. The van der Waals surface area contributed by atoms with Gasteiger partial charge in [0, 0.05) is 6.07 Å². The highest BCUT2D eigenvalue weighted by Gasteiger charge is 2.28. The lowest BCUT2D eigenvalue weighted by Crippen LogP contribution is -2.31. The van der Waals surface area contributed by atoms with Crippen molar-refractivity contribution in [3.05, 3.63) is 56.4 Å². The number of amides is 1. The molecule has 1 aromatic heterocycles. The zero-order valence-electron chi connectivity index (χ0n) is 14.5. The van der Waals surface area contributed by atoms with Crippen LogP contribution in [-0.2, 0) is 0 Å². The maximum absolute atomic E-state index is 12.3. The monoisotopic (exact) mass is 397 g/mol. The molecule has 14 heteroatoms. The number of carbonyl (C=O) groups excluding carboxylic acids is 1. The molecule has 0 bridgehead atoms. The lowest BCUT2D eigenvalue weighted by Gasteiger charge is -2.17. The summed E-state index contributed by atoms with van der Waals surface area (Å²) in [6.45, 7) is -0.707. The van der Waals surface area contributed by atoms with Crippen molar-refractivity contribution in [2.24, 2.45) is 0 Å². The first-order chi connectivity index (χ1) is 13.9. The van der Waals surface area contributed by atoms with E-state index in [1.54, 1.807) is 12.1 Å². The van der Waals surface area contributed by atoms with Gasteiger partial charge in [0.05, 0.1) is 22.0 Å². The van der Waals surface area contributed by atoms with Gasteiger partial charge in [0.15, 0.2) is 0 Å². The quantitative estimate of drug-likeness (QED) is 0.363. The summed E-state index contributed by atoms with van der Waals surface area (Å²) in [7, 11) is 0. The first-order valence-electron chi connectivity index (χ1n) is 7.68. The molecule has 2 N–H and O–H groups in total. The van der Waals surface area contributed by atoms with Gasteiger partial charge in [-0.15, -0.1) is 0 Å². The zero-order valence-corrected chi connectivity index (χ0v) is 14.5. The average molecular weight is 397 g/mol. The second kappa shape index (κ2) is 9.19. The number of carbonyl (C=O) groups is 1. The minimum absolute atomic E-state index is 0.280. The number of benzene rings is 1. The van der Waals surface area contributed by atoms with Gasteiger partial charge in [-0.05, 0) is 6.07 Å². The van der Waals surface area contributed by atoms with Crippen molar-refractivity contribution in [3.8, 4) is 12.1 Å². The lowest BCUT2D eigenvalue weighted by molar-refractivity contribution is -0.385. The maximum Gasteiger partial charge on any atom is 0.355 e. The van der Waals surface area contributed by atoms with Crippen LogP contribution in [0.4, 0.5) is 23.0 Å². The first-order valence-corrected chi connectivity index (χ1v) is 7.68. The van der Waals surface area contributed by atoms with Crippen molar-refractivity contribution in [1.29, 1.82) is 10.5 Å². The Bertz CT molecular complexity index is 1030. The van der Waals surface area contributed by atoms with E-state index < -0.39 is 32.9 Å². The van der Waals surface area contributed by atoms with Gasteiger partial charge in [-0.1, -0.05) is 12.1 Å². The smallest absolute Gasteiger partial charge is 0.324 e. The van der Waals surface area contributed by atoms with E-state index in [1.165, 1.54) is 18.2 Å². The molecular weight excluding hydrogens is 386 g/mol. The summed E-state index contributed by atoms with van der Waals surface area (Å²) in [5, 5.41) is 40.2. The van der Waals surface area contributed by atoms with E-state index in [9.17, 15) is 25.0 Å². The van der Waals surface area contributed by atoms with Crippen molar-refractivity contribution < 1.29 is 14.6 Å².